The second kappa shape index (κ2) is 6.19. The number of hydrogen-bond acceptors (Lipinski definition) is 3. The molecule has 1 heterocycles. The first-order valence-corrected chi connectivity index (χ1v) is 8.24. The minimum Gasteiger partial charge on any atom is -0.304 e. The predicted molar refractivity (Wildman–Crippen MR) is 79.5 cm³/mol. The Morgan fingerprint density at radius 3 is 2.60 bits per heavy atom. The topological polar surface area (TPSA) is 64.0 Å². The number of nitrogens with zero attached hydrogens (tertiary/aromatic N) is 2. The van der Waals surface area contributed by atoms with Gasteiger partial charge >= 0.3 is 0 Å². The van der Waals surface area contributed by atoms with Gasteiger partial charge in [0.1, 0.15) is 5.82 Å². The van der Waals surface area contributed by atoms with E-state index in [4.69, 9.17) is 0 Å². The molecule has 1 aromatic heterocycles. The molecule has 0 spiro atoms. The van der Waals surface area contributed by atoms with Gasteiger partial charge in [-0.15, -0.1) is 0 Å². The van der Waals surface area contributed by atoms with E-state index in [1.54, 1.807) is 6.92 Å². The summed E-state index contributed by atoms with van der Waals surface area (Å²) in [6, 6.07) is 9.94. The van der Waals surface area contributed by atoms with E-state index in [0.717, 1.165) is 17.2 Å². The lowest BCUT2D eigenvalue weighted by Gasteiger charge is -2.03. The van der Waals surface area contributed by atoms with Crippen LogP contribution in [0.1, 0.15) is 18.4 Å². The van der Waals surface area contributed by atoms with Gasteiger partial charge in [0, 0.05) is 24.8 Å². The van der Waals surface area contributed by atoms with Gasteiger partial charge in [0.25, 0.3) is 0 Å². The predicted octanol–water partition coefficient (Wildman–Crippen LogP) is 1.66. The highest BCUT2D eigenvalue weighted by Gasteiger charge is 2.08. The summed E-state index contributed by atoms with van der Waals surface area (Å²) in [5, 5.41) is 0. The number of sulfonamides is 1. The molecule has 108 valence electrons. The third-order valence-electron chi connectivity index (χ3n) is 3.05. The summed E-state index contributed by atoms with van der Waals surface area (Å²) in [5.74, 6) is 0.995. The van der Waals surface area contributed by atoms with Crippen LogP contribution in [0.5, 0.6) is 0 Å². The number of nitrogens with one attached hydrogen (secondary N) is 1. The van der Waals surface area contributed by atoms with Gasteiger partial charge in [-0.05, 0) is 26.0 Å². The summed E-state index contributed by atoms with van der Waals surface area (Å²) in [5.41, 5.74) is 1.93. The lowest BCUT2D eigenvalue weighted by molar-refractivity contribution is 0.582. The Bertz CT molecular complexity index is 663. The number of aryl methyl sites for hydroxylation is 1. The van der Waals surface area contributed by atoms with Crippen LogP contribution < -0.4 is 4.72 Å². The average Bonchev–Trinajstić information content (AvgIpc) is 2.81. The minimum atomic E-state index is -3.13. The Labute approximate surface area is 119 Å². The van der Waals surface area contributed by atoms with Crippen molar-refractivity contribution in [2.24, 2.45) is 0 Å². The number of aromatic nitrogens is 2. The van der Waals surface area contributed by atoms with Gasteiger partial charge in [0.2, 0.25) is 10.0 Å². The Kier molecular flexibility index (Phi) is 4.57. The SMILES string of the molecule is CCS(=O)(=O)NCCc1cn(-c2ccccc2)c(C)n1. The van der Waals surface area contributed by atoms with Crippen LogP contribution in [0, 0.1) is 6.92 Å². The van der Waals surface area contributed by atoms with Crippen molar-refractivity contribution in [3.63, 3.8) is 0 Å². The Balaban J connectivity index is 2.05. The zero-order chi connectivity index (χ0) is 14.6. The van der Waals surface area contributed by atoms with Crippen LogP contribution in [0.15, 0.2) is 36.5 Å². The molecular formula is C14H19N3O2S. The molecule has 0 atom stereocenters. The molecule has 6 heteroatoms. The van der Waals surface area contributed by atoms with Crippen LogP contribution >= 0.6 is 0 Å². The highest BCUT2D eigenvalue weighted by atomic mass is 32.2. The van der Waals surface area contributed by atoms with Crippen molar-refractivity contribution in [1.29, 1.82) is 0 Å². The van der Waals surface area contributed by atoms with Crippen molar-refractivity contribution >= 4 is 10.0 Å². The summed E-state index contributed by atoms with van der Waals surface area (Å²) in [4.78, 5) is 4.46. The number of hydrogen-bond donors (Lipinski definition) is 1. The quantitative estimate of drug-likeness (QED) is 0.881. The summed E-state index contributed by atoms with van der Waals surface area (Å²) in [6.07, 6.45) is 2.53. The molecule has 0 fully saturated rings. The molecule has 0 aliphatic rings. The van der Waals surface area contributed by atoms with Crippen LogP contribution in [0.25, 0.3) is 5.69 Å². The molecule has 1 N–H and O–H groups in total. The maximum Gasteiger partial charge on any atom is 0.211 e. The molecule has 5 nitrogen and oxygen atoms in total. The number of para-hydroxylation sites is 1. The molecular weight excluding hydrogens is 274 g/mol. The molecule has 0 amide bonds. The van der Waals surface area contributed by atoms with Gasteiger partial charge in [-0.3, -0.25) is 0 Å². The van der Waals surface area contributed by atoms with Crippen molar-refractivity contribution in [3.8, 4) is 5.69 Å². The molecule has 0 saturated carbocycles. The smallest absolute Gasteiger partial charge is 0.211 e. The molecule has 0 saturated heterocycles. The average molecular weight is 293 g/mol. The Hall–Kier alpha value is -1.66. The largest absolute Gasteiger partial charge is 0.304 e. The fourth-order valence-electron chi connectivity index (χ4n) is 1.94. The second-order valence-corrected chi connectivity index (χ2v) is 6.63. The van der Waals surface area contributed by atoms with Gasteiger partial charge in [0.05, 0.1) is 11.4 Å². The first kappa shape index (κ1) is 14.7. The fourth-order valence-corrected chi connectivity index (χ4v) is 2.56. The number of benzene rings is 1. The molecule has 20 heavy (non-hydrogen) atoms. The maximum atomic E-state index is 11.3. The summed E-state index contributed by atoms with van der Waals surface area (Å²) >= 11 is 0. The van der Waals surface area contributed by atoms with E-state index >= 15 is 0 Å². The lowest BCUT2D eigenvalue weighted by Crippen LogP contribution is -2.27. The van der Waals surface area contributed by atoms with Crippen molar-refractivity contribution in [3.05, 3.63) is 48.0 Å². The number of imidazole rings is 1. The summed E-state index contributed by atoms with van der Waals surface area (Å²) in [7, 11) is -3.13. The Morgan fingerprint density at radius 2 is 1.95 bits per heavy atom. The third-order valence-corrected chi connectivity index (χ3v) is 4.45. The molecule has 0 bridgehead atoms. The van der Waals surface area contributed by atoms with Crippen molar-refractivity contribution in [1.82, 2.24) is 14.3 Å². The molecule has 1 aromatic carbocycles. The molecule has 0 aliphatic heterocycles. The zero-order valence-electron chi connectivity index (χ0n) is 11.7. The second-order valence-electron chi connectivity index (χ2n) is 4.53. The van der Waals surface area contributed by atoms with Crippen LogP contribution in [-0.4, -0.2) is 30.3 Å². The third kappa shape index (κ3) is 3.68. The van der Waals surface area contributed by atoms with E-state index in [-0.39, 0.29) is 5.75 Å². The number of rotatable bonds is 6. The van der Waals surface area contributed by atoms with E-state index in [9.17, 15) is 8.42 Å². The van der Waals surface area contributed by atoms with Crippen molar-refractivity contribution < 1.29 is 8.42 Å². The summed E-state index contributed by atoms with van der Waals surface area (Å²) in [6.45, 7) is 3.94. The molecule has 0 aliphatic carbocycles. The van der Waals surface area contributed by atoms with E-state index in [1.165, 1.54) is 0 Å². The van der Waals surface area contributed by atoms with Crippen LogP contribution in [-0.2, 0) is 16.4 Å². The van der Waals surface area contributed by atoms with Crippen LogP contribution in [0.3, 0.4) is 0 Å². The molecule has 0 radical (unpaired) electrons. The minimum absolute atomic E-state index is 0.102. The van der Waals surface area contributed by atoms with Crippen LogP contribution in [0.4, 0.5) is 0 Å². The highest BCUT2D eigenvalue weighted by molar-refractivity contribution is 7.89. The lowest BCUT2D eigenvalue weighted by atomic mass is 10.3. The zero-order valence-corrected chi connectivity index (χ0v) is 12.5. The molecule has 0 unspecified atom stereocenters. The van der Waals surface area contributed by atoms with Gasteiger partial charge < -0.3 is 4.57 Å². The van der Waals surface area contributed by atoms with E-state index in [1.807, 2.05) is 48.0 Å². The van der Waals surface area contributed by atoms with E-state index in [2.05, 4.69) is 9.71 Å². The standard InChI is InChI=1S/C14H19N3O2S/c1-3-20(18,19)15-10-9-13-11-17(12(2)16-13)14-7-5-4-6-8-14/h4-8,11,15H,3,9-10H2,1-2H3. The van der Waals surface area contributed by atoms with Crippen molar-refractivity contribution in [2.75, 3.05) is 12.3 Å². The Morgan fingerprint density at radius 1 is 1.25 bits per heavy atom. The monoisotopic (exact) mass is 293 g/mol. The first-order chi connectivity index (χ1) is 9.52. The van der Waals surface area contributed by atoms with Gasteiger partial charge in [-0.2, -0.15) is 0 Å². The van der Waals surface area contributed by atoms with Gasteiger partial charge in [0.15, 0.2) is 0 Å². The highest BCUT2D eigenvalue weighted by Crippen LogP contribution is 2.12. The summed E-state index contributed by atoms with van der Waals surface area (Å²) < 4.78 is 27.2. The van der Waals surface area contributed by atoms with Gasteiger partial charge in [-0.25, -0.2) is 18.1 Å². The molecule has 2 aromatic rings. The normalized spacial score (nSPS) is 11.7. The first-order valence-electron chi connectivity index (χ1n) is 6.59. The van der Waals surface area contributed by atoms with Crippen LogP contribution in [0.2, 0.25) is 0 Å². The fraction of sp³-hybridized carbons (Fsp3) is 0.357. The molecule has 2 rings (SSSR count). The van der Waals surface area contributed by atoms with E-state index in [0.29, 0.717) is 13.0 Å². The maximum absolute atomic E-state index is 11.3. The van der Waals surface area contributed by atoms with Crippen molar-refractivity contribution in [2.45, 2.75) is 20.3 Å². The van der Waals surface area contributed by atoms with E-state index < -0.39 is 10.0 Å². The van der Waals surface area contributed by atoms with Gasteiger partial charge in [-0.1, -0.05) is 18.2 Å².